The zero-order chi connectivity index (χ0) is 21.3. The first kappa shape index (κ1) is 21.9. The molecule has 0 radical (unpaired) electrons. The number of likely N-dealkylation sites (tertiary alicyclic amines) is 1. The number of aromatic nitrogens is 4. The van der Waals surface area contributed by atoms with Gasteiger partial charge in [-0.15, -0.1) is 0 Å². The van der Waals surface area contributed by atoms with Crippen molar-refractivity contribution in [1.82, 2.24) is 34.4 Å². The first-order chi connectivity index (χ1) is 14.7. The zero-order valence-corrected chi connectivity index (χ0v) is 17.9. The highest BCUT2D eigenvalue weighted by molar-refractivity contribution is 5.94. The van der Waals surface area contributed by atoms with Crippen molar-refractivity contribution in [2.75, 3.05) is 39.3 Å². The van der Waals surface area contributed by atoms with Crippen LogP contribution in [0.1, 0.15) is 49.2 Å². The smallest absolute Gasteiger partial charge is 0.339 e. The van der Waals surface area contributed by atoms with E-state index >= 15 is 0 Å². The van der Waals surface area contributed by atoms with E-state index in [-0.39, 0.29) is 11.9 Å². The Morgan fingerprint density at radius 3 is 2.37 bits per heavy atom. The molecule has 0 N–H and O–H groups in total. The molecule has 9 nitrogen and oxygen atoms in total. The van der Waals surface area contributed by atoms with E-state index in [1.807, 2.05) is 24.8 Å². The van der Waals surface area contributed by atoms with Crippen LogP contribution >= 0.6 is 0 Å². The van der Waals surface area contributed by atoms with E-state index in [1.165, 1.54) is 17.3 Å². The molecule has 4 heterocycles. The Labute approximate surface area is 177 Å². The number of rotatable bonds is 3. The first-order valence-corrected chi connectivity index (χ1v) is 10.8. The topological polar surface area (TPSA) is 87.5 Å². The summed E-state index contributed by atoms with van der Waals surface area (Å²) in [5, 5.41) is 4.14. The molecule has 2 aliphatic heterocycles. The van der Waals surface area contributed by atoms with E-state index in [4.69, 9.17) is 0 Å². The molecule has 0 spiro atoms. The van der Waals surface area contributed by atoms with E-state index in [2.05, 4.69) is 20.0 Å². The van der Waals surface area contributed by atoms with Crippen LogP contribution < -0.4 is 0 Å². The Balaban J connectivity index is 0.00000124. The maximum absolute atomic E-state index is 12.7. The van der Waals surface area contributed by atoms with Gasteiger partial charge in [0.15, 0.2) is 0 Å². The van der Waals surface area contributed by atoms with Crippen molar-refractivity contribution in [2.45, 2.75) is 39.7 Å². The highest BCUT2D eigenvalue weighted by Crippen LogP contribution is 2.13. The van der Waals surface area contributed by atoms with Crippen molar-refractivity contribution in [2.24, 2.45) is 0 Å². The SMILES string of the molecule is CC.O=C(c1cnn(C(=O)N2CCN(Cc3ccncn3)CC2)c1)N1CCCCC1. The van der Waals surface area contributed by atoms with Crippen LogP contribution in [0, 0.1) is 0 Å². The molecule has 162 valence electrons. The summed E-state index contributed by atoms with van der Waals surface area (Å²) >= 11 is 0. The van der Waals surface area contributed by atoms with Crippen LogP contribution in [-0.2, 0) is 6.54 Å². The lowest BCUT2D eigenvalue weighted by Gasteiger charge is -2.34. The lowest BCUT2D eigenvalue weighted by atomic mass is 10.1. The van der Waals surface area contributed by atoms with Crippen LogP contribution in [-0.4, -0.2) is 85.7 Å². The Hall–Kier alpha value is -2.81. The first-order valence-electron chi connectivity index (χ1n) is 10.8. The van der Waals surface area contributed by atoms with Gasteiger partial charge in [0.05, 0.1) is 17.5 Å². The number of piperazine rings is 1. The van der Waals surface area contributed by atoms with Gasteiger partial charge in [0.1, 0.15) is 6.33 Å². The monoisotopic (exact) mass is 413 g/mol. The summed E-state index contributed by atoms with van der Waals surface area (Å²) in [6.45, 7) is 9.12. The molecule has 0 aliphatic carbocycles. The summed E-state index contributed by atoms with van der Waals surface area (Å²) in [5.74, 6) is -0.0339. The normalized spacial score (nSPS) is 17.3. The number of carbonyl (C=O) groups excluding carboxylic acids is 2. The quantitative estimate of drug-likeness (QED) is 0.766. The number of amides is 2. The molecule has 2 saturated heterocycles. The molecular weight excluding hydrogens is 382 g/mol. The zero-order valence-electron chi connectivity index (χ0n) is 17.9. The predicted molar refractivity (Wildman–Crippen MR) is 113 cm³/mol. The number of carbonyl (C=O) groups is 2. The van der Waals surface area contributed by atoms with Gasteiger partial charge in [0.25, 0.3) is 5.91 Å². The fourth-order valence-corrected chi connectivity index (χ4v) is 3.70. The van der Waals surface area contributed by atoms with Crippen LogP contribution in [0.5, 0.6) is 0 Å². The van der Waals surface area contributed by atoms with Gasteiger partial charge < -0.3 is 9.80 Å². The fourth-order valence-electron chi connectivity index (χ4n) is 3.70. The maximum Gasteiger partial charge on any atom is 0.344 e. The molecular formula is C21H31N7O2. The Kier molecular flexibility index (Phi) is 7.89. The average molecular weight is 414 g/mol. The summed E-state index contributed by atoms with van der Waals surface area (Å²) in [5.41, 5.74) is 1.46. The second kappa shape index (κ2) is 10.8. The van der Waals surface area contributed by atoms with Gasteiger partial charge in [-0.25, -0.2) is 14.8 Å². The molecule has 0 aromatic carbocycles. The molecule has 0 atom stereocenters. The predicted octanol–water partition coefficient (Wildman–Crippen LogP) is 2.11. The summed E-state index contributed by atoms with van der Waals surface area (Å²) in [6, 6.07) is 1.72. The van der Waals surface area contributed by atoms with E-state index in [0.717, 1.165) is 51.3 Å². The van der Waals surface area contributed by atoms with Gasteiger partial charge >= 0.3 is 6.03 Å². The minimum atomic E-state index is -0.181. The highest BCUT2D eigenvalue weighted by Gasteiger charge is 2.25. The van der Waals surface area contributed by atoms with E-state index in [0.29, 0.717) is 18.7 Å². The van der Waals surface area contributed by atoms with Crippen molar-refractivity contribution >= 4 is 11.9 Å². The van der Waals surface area contributed by atoms with Gasteiger partial charge in [-0.3, -0.25) is 9.69 Å². The summed E-state index contributed by atoms with van der Waals surface area (Å²) in [7, 11) is 0. The van der Waals surface area contributed by atoms with Gasteiger partial charge in [-0.1, -0.05) is 13.8 Å². The third kappa shape index (κ3) is 5.41. The lowest BCUT2D eigenvalue weighted by Crippen LogP contribution is -2.49. The van der Waals surface area contributed by atoms with Crippen molar-refractivity contribution in [3.63, 3.8) is 0 Å². The molecule has 0 bridgehead atoms. The highest BCUT2D eigenvalue weighted by atomic mass is 16.2. The van der Waals surface area contributed by atoms with Gasteiger partial charge in [-0.2, -0.15) is 9.78 Å². The minimum absolute atomic E-state index is 0.0339. The minimum Gasteiger partial charge on any atom is -0.339 e. The molecule has 2 aromatic rings. The van der Waals surface area contributed by atoms with Gasteiger partial charge in [0, 0.05) is 58.2 Å². The Bertz CT molecular complexity index is 810. The van der Waals surface area contributed by atoms with Crippen LogP contribution in [0.25, 0.3) is 0 Å². The Morgan fingerprint density at radius 1 is 0.967 bits per heavy atom. The summed E-state index contributed by atoms with van der Waals surface area (Å²) < 4.78 is 1.29. The second-order valence-electron chi connectivity index (χ2n) is 7.27. The molecule has 0 saturated carbocycles. The lowest BCUT2D eigenvalue weighted by molar-refractivity contribution is 0.0724. The van der Waals surface area contributed by atoms with Gasteiger partial charge in [0.2, 0.25) is 0 Å². The second-order valence-corrected chi connectivity index (χ2v) is 7.27. The van der Waals surface area contributed by atoms with Crippen LogP contribution in [0.15, 0.2) is 31.0 Å². The molecule has 9 heteroatoms. The van der Waals surface area contributed by atoms with Crippen molar-refractivity contribution in [3.8, 4) is 0 Å². The molecule has 4 rings (SSSR count). The summed E-state index contributed by atoms with van der Waals surface area (Å²) in [4.78, 5) is 39.4. The van der Waals surface area contributed by atoms with Crippen LogP contribution in [0.2, 0.25) is 0 Å². The molecule has 2 aliphatic rings. The Morgan fingerprint density at radius 2 is 1.70 bits per heavy atom. The van der Waals surface area contributed by atoms with Crippen molar-refractivity contribution < 1.29 is 9.59 Å². The molecule has 0 unspecified atom stereocenters. The van der Waals surface area contributed by atoms with Crippen molar-refractivity contribution in [1.29, 1.82) is 0 Å². The average Bonchev–Trinajstić information content (AvgIpc) is 3.31. The standard InChI is InChI=1S/C19H25N7O2.C2H6/c27-18(24-6-2-1-3-7-24)16-12-22-26(13-16)19(28)25-10-8-23(9-11-25)14-17-4-5-20-15-21-17;1-2/h4-5,12-13,15H,1-3,6-11,14H2;1-2H3. The van der Waals surface area contributed by atoms with Crippen LogP contribution in [0.3, 0.4) is 0 Å². The molecule has 2 aromatic heterocycles. The summed E-state index contributed by atoms with van der Waals surface area (Å²) in [6.07, 6.45) is 9.60. The van der Waals surface area contributed by atoms with Crippen molar-refractivity contribution in [3.05, 3.63) is 42.2 Å². The molecule has 30 heavy (non-hydrogen) atoms. The number of hydrogen-bond donors (Lipinski definition) is 0. The maximum atomic E-state index is 12.7. The number of hydrogen-bond acceptors (Lipinski definition) is 6. The number of nitrogens with zero attached hydrogens (tertiary/aromatic N) is 7. The third-order valence-electron chi connectivity index (χ3n) is 5.34. The molecule has 2 amide bonds. The van der Waals surface area contributed by atoms with E-state index < -0.39 is 0 Å². The van der Waals surface area contributed by atoms with E-state index in [1.54, 1.807) is 23.6 Å². The van der Waals surface area contributed by atoms with Gasteiger partial charge in [-0.05, 0) is 25.3 Å². The largest absolute Gasteiger partial charge is 0.344 e. The number of piperidine rings is 1. The molecule has 2 fully saturated rings. The van der Waals surface area contributed by atoms with Crippen LogP contribution in [0.4, 0.5) is 4.79 Å². The third-order valence-corrected chi connectivity index (χ3v) is 5.34. The van der Waals surface area contributed by atoms with E-state index in [9.17, 15) is 9.59 Å². The fraction of sp³-hybridized carbons (Fsp3) is 0.571.